The van der Waals surface area contributed by atoms with E-state index < -0.39 is 36.0 Å². The maximum Gasteiger partial charge on any atom is 0.433 e. The molecule has 0 aliphatic rings. The van der Waals surface area contributed by atoms with E-state index in [9.17, 15) is 27.5 Å². The molecule has 5 nitrogen and oxygen atoms in total. The molecule has 0 aliphatic heterocycles. The van der Waals surface area contributed by atoms with Crippen molar-refractivity contribution in [3.8, 4) is 11.1 Å². The predicted octanol–water partition coefficient (Wildman–Crippen LogP) is 5.88. The molecule has 1 N–H and O–H groups in total. The first kappa shape index (κ1) is 24.8. The highest BCUT2D eigenvalue weighted by Gasteiger charge is 2.39. The van der Waals surface area contributed by atoms with Crippen LogP contribution >= 0.6 is 12.0 Å². The Morgan fingerprint density at radius 1 is 1.03 bits per heavy atom. The summed E-state index contributed by atoms with van der Waals surface area (Å²) >= 11 is 1.01. The van der Waals surface area contributed by atoms with Crippen molar-refractivity contribution in [3.63, 3.8) is 0 Å². The van der Waals surface area contributed by atoms with E-state index >= 15 is 0 Å². The van der Waals surface area contributed by atoms with Gasteiger partial charge in [-0.2, -0.15) is 17.5 Å². The standard InChI is InChI=1S/C21H21F4NO4S/c1-20(2,22)12-17(19(27)28)26-18(21(23,24)25)15-6-4-13(5-7-15)14-8-10-16(11-9-14)31-30-29-3/h4-11,17H,12H2,1-3H3,(H,27,28)/b26-18-/t17-/m0/s1. The fourth-order valence-corrected chi connectivity index (χ4v) is 3.11. The van der Waals surface area contributed by atoms with Gasteiger partial charge < -0.3 is 5.11 Å². The predicted molar refractivity (Wildman–Crippen MR) is 110 cm³/mol. The van der Waals surface area contributed by atoms with Crippen LogP contribution < -0.4 is 0 Å². The van der Waals surface area contributed by atoms with Crippen LogP contribution in [0.2, 0.25) is 0 Å². The molecule has 31 heavy (non-hydrogen) atoms. The van der Waals surface area contributed by atoms with Crippen molar-refractivity contribution in [3.05, 3.63) is 54.1 Å². The number of aliphatic imine (C=N–C) groups is 1. The Bertz CT molecular complexity index is 907. The van der Waals surface area contributed by atoms with Gasteiger partial charge in [0.2, 0.25) is 0 Å². The molecular weight excluding hydrogens is 438 g/mol. The van der Waals surface area contributed by atoms with Crippen molar-refractivity contribution < 1.29 is 36.7 Å². The Kier molecular flexibility index (Phi) is 8.21. The molecule has 0 radical (unpaired) electrons. The van der Waals surface area contributed by atoms with Crippen LogP contribution in [0, 0.1) is 0 Å². The topological polar surface area (TPSA) is 68.1 Å². The van der Waals surface area contributed by atoms with Gasteiger partial charge in [-0.05, 0) is 37.1 Å². The summed E-state index contributed by atoms with van der Waals surface area (Å²) in [4.78, 5) is 20.0. The van der Waals surface area contributed by atoms with Crippen molar-refractivity contribution in [1.29, 1.82) is 0 Å². The van der Waals surface area contributed by atoms with E-state index in [2.05, 4.69) is 9.88 Å². The smallest absolute Gasteiger partial charge is 0.433 e. The van der Waals surface area contributed by atoms with Crippen molar-refractivity contribution in [1.82, 2.24) is 0 Å². The molecule has 0 amide bonds. The SMILES string of the molecule is COOSc1ccc(-c2ccc(/C(=N/[C@@H](CC(C)(C)F)C(=O)O)C(F)(F)F)cc2)cc1. The average Bonchev–Trinajstić information content (AvgIpc) is 2.68. The normalized spacial score (nSPS) is 13.8. The highest BCUT2D eigenvalue weighted by atomic mass is 32.2. The zero-order valence-corrected chi connectivity index (χ0v) is 17.8. The van der Waals surface area contributed by atoms with Crippen LogP contribution in [-0.4, -0.2) is 41.8 Å². The third-order valence-electron chi connectivity index (χ3n) is 4.06. The van der Waals surface area contributed by atoms with Crippen molar-refractivity contribution in [2.45, 2.75) is 43.1 Å². The summed E-state index contributed by atoms with van der Waals surface area (Å²) in [5.74, 6) is -1.63. The first-order valence-electron chi connectivity index (χ1n) is 9.05. The van der Waals surface area contributed by atoms with Crippen LogP contribution in [0.15, 0.2) is 58.4 Å². The van der Waals surface area contributed by atoms with Gasteiger partial charge in [-0.25, -0.2) is 14.1 Å². The van der Waals surface area contributed by atoms with Crippen LogP contribution in [0.1, 0.15) is 25.8 Å². The van der Waals surface area contributed by atoms with Crippen LogP contribution in [0.5, 0.6) is 0 Å². The molecule has 1 atom stereocenters. The molecule has 0 bridgehead atoms. The number of hydrogen-bond acceptors (Lipinski definition) is 5. The molecule has 2 aromatic rings. The first-order chi connectivity index (χ1) is 14.4. The number of carboxylic acids is 1. The number of halogens is 4. The lowest BCUT2D eigenvalue weighted by molar-refractivity contribution is -0.160. The van der Waals surface area contributed by atoms with Gasteiger partial charge in [0.25, 0.3) is 0 Å². The molecule has 0 heterocycles. The van der Waals surface area contributed by atoms with Gasteiger partial charge in [-0.1, -0.05) is 36.4 Å². The number of aliphatic carboxylic acids is 1. The fraction of sp³-hybridized carbons (Fsp3) is 0.333. The van der Waals surface area contributed by atoms with Crippen molar-refractivity contribution in [2.75, 3.05) is 7.11 Å². The molecule has 0 aliphatic carbocycles. The monoisotopic (exact) mass is 459 g/mol. The maximum absolute atomic E-state index is 13.9. The minimum Gasteiger partial charge on any atom is -0.480 e. The lowest BCUT2D eigenvalue weighted by Gasteiger charge is -2.19. The van der Waals surface area contributed by atoms with Gasteiger partial charge in [0.05, 0.1) is 19.2 Å². The van der Waals surface area contributed by atoms with E-state index in [1.165, 1.54) is 31.4 Å². The summed E-state index contributed by atoms with van der Waals surface area (Å²) in [5.41, 5.74) is -2.26. The highest BCUT2D eigenvalue weighted by molar-refractivity contribution is 7.94. The Morgan fingerprint density at radius 3 is 1.97 bits per heavy atom. The second kappa shape index (κ2) is 10.3. The highest BCUT2D eigenvalue weighted by Crippen LogP contribution is 2.29. The van der Waals surface area contributed by atoms with Gasteiger partial charge in [0.15, 0.2) is 6.04 Å². The average molecular weight is 459 g/mol. The van der Waals surface area contributed by atoms with Crippen LogP contribution in [0.25, 0.3) is 11.1 Å². The second-order valence-corrected chi connectivity index (χ2v) is 7.95. The van der Waals surface area contributed by atoms with Gasteiger partial charge in [0, 0.05) is 16.9 Å². The molecule has 2 rings (SSSR count). The van der Waals surface area contributed by atoms with Gasteiger partial charge in [0.1, 0.15) is 11.4 Å². The number of carbonyl (C=O) groups is 1. The second-order valence-electron chi connectivity index (χ2n) is 7.17. The van der Waals surface area contributed by atoms with Crippen molar-refractivity contribution >= 4 is 23.7 Å². The lowest BCUT2D eigenvalue weighted by Crippen LogP contribution is -2.32. The molecule has 0 saturated heterocycles. The molecule has 0 fully saturated rings. The zero-order valence-electron chi connectivity index (χ0n) is 16.9. The Morgan fingerprint density at radius 2 is 1.55 bits per heavy atom. The number of benzene rings is 2. The number of hydrogen-bond donors (Lipinski definition) is 1. The maximum atomic E-state index is 13.9. The molecule has 2 aromatic carbocycles. The third kappa shape index (κ3) is 7.64. The summed E-state index contributed by atoms with van der Waals surface area (Å²) < 4.78 is 59.4. The Hall–Kier alpha value is -2.43. The molecular formula is C21H21F4NO4S. The zero-order chi connectivity index (χ0) is 23.2. The molecule has 0 saturated carbocycles. The lowest BCUT2D eigenvalue weighted by atomic mass is 9.99. The van der Waals surface area contributed by atoms with Crippen LogP contribution in [-0.2, 0) is 14.0 Å². The number of carboxylic acid groups (broad SMARTS) is 1. The van der Waals surface area contributed by atoms with Gasteiger partial charge in [-0.15, -0.1) is 0 Å². The number of alkyl halides is 4. The summed E-state index contributed by atoms with van der Waals surface area (Å²) in [7, 11) is 1.37. The van der Waals surface area contributed by atoms with E-state index in [4.69, 9.17) is 4.33 Å². The third-order valence-corrected chi connectivity index (χ3v) is 4.73. The molecule has 10 heteroatoms. The quantitative estimate of drug-likeness (QED) is 0.167. The van der Waals surface area contributed by atoms with Crippen LogP contribution in [0.3, 0.4) is 0 Å². The van der Waals surface area contributed by atoms with Gasteiger partial charge >= 0.3 is 12.1 Å². The number of nitrogens with zero attached hydrogens (tertiary/aromatic N) is 1. The molecule has 0 aromatic heterocycles. The van der Waals surface area contributed by atoms with Crippen LogP contribution in [0.4, 0.5) is 17.6 Å². The molecule has 0 spiro atoms. The van der Waals surface area contributed by atoms with Crippen molar-refractivity contribution in [2.24, 2.45) is 4.99 Å². The van der Waals surface area contributed by atoms with E-state index in [1.54, 1.807) is 24.3 Å². The summed E-state index contributed by atoms with van der Waals surface area (Å²) in [5, 5.41) is 9.21. The van der Waals surface area contributed by atoms with E-state index in [-0.39, 0.29) is 5.56 Å². The Balaban J connectivity index is 2.34. The van der Waals surface area contributed by atoms with Gasteiger partial charge in [-0.3, -0.25) is 4.99 Å². The number of rotatable bonds is 9. The minimum absolute atomic E-state index is 0.306. The summed E-state index contributed by atoms with van der Waals surface area (Å²) in [6, 6.07) is 10.5. The molecule has 168 valence electrons. The van der Waals surface area contributed by atoms with E-state index in [0.717, 1.165) is 36.3 Å². The first-order valence-corrected chi connectivity index (χ1v) is 9.80. The Labute approximate surface area is 181 Å². The minimum atomic E-state index is -4.91. The summed E-state index contributed by atoms with van der Waals surface area (Å²) in [6.07, 6.45) is -5.59. The largest absolute Gasteiger partial charge is 0.480 e. The van der Waals surface area contributed by atoms with E-state index in [0.29, 0.717) is 5.56 Å². The van der Waals surface area contributed by atoms with E-state index in [1.807, 2.05) is 0 Å². The fourth-order valence-electron chi connectivity index (χ4n) is 2.71. The summed E-state index contributed by atoms with van der Waals surface area (Å²) in [6.45, 7) is 2.18. The molecule has 0 unspecified atom stereocenters.